The molecule has 1 N–H and O–H groups in total. The lowest BCUT2D eigenvalue weighted by molar-refractivity contribution is -0.131. The number of pyridine rings is 1. The van der Waals surface area contributed by atoms with Crippen molar-refractivity contribution >= 4 is 40.0 Å². The number of carbonyl (C=O) groups excluding carboxylic acids is 3. The Morgan fingerprint density at radius 2 is 1.61 bits per heavy atom. The number of hydrogen-bond acceptors (Lipinski definition) is 6. The van der Waals surface area contributed by atoms with E-state index in [2.05, 4.69) is 10.3 Å². The fourth-order valence-corrected chi connectivity index (χ4v) is 4.23. The van der Waals surface area contributed by atoms with Crippen LogP contribution in [0.4, 0.5) is 0 Å². The number of nitrogens with zero attached hydrogens (tertiary/aromatic N) is 1. The van der Waals surface area contributed by atoms with Crippen LogP contribution >= 0.6 is 11.6 Å². The maximum absolute atomic E-state index is 13.5. The lowest BCUT2D eigenvalue weighted by atomic mass is 9.99. The predicted molar refractivity (Wildman–Crippen MR) is 146 cm³/mol. The maximum atomic E-state index is 13.5. The Labute approximate surface area is 225 Å². The Kier molecular flexibility index (Phi) is 8.38. The van der Waals surface area contributed by atoms with E-state index in [1.54, 1.807) is 42.5 Å². The molecule has 0 bridgehead atoms. The van der Waals surface area contributed by atoms with Crippen molar-refractivity contribution < 1.29 is 23.9 Å². The normalized spacial score (nSPS) is 10.7. The van der Waals surface area contributed by atoms with E-state index in [0.29, 0.717) is 63.5 Å². The summed E-state index contributed by atoms with van der Waals surface area (Å²) in [5.74, 6) is -0.140. The minimum Gasteiger partial charge on any atom is -0.497 e. The number of ketones is 1. The van der Waals surface area contributed by atoms with Crippen molar-refractivity contribution in [1.82, 2.24) is 10.3 Å². The van der Waals surface area contributed by atoms with Gasteiger partial charge in [0.25, 0.3) is 5.91 Å². The number of ether oxygens (including phenoxy) is 2. The first-order chi connectivity index (χ1) is 18.3. The van der Waals surface area contributed by atoms with Crippen molar-refractivity contribution in [2.45, 2.75) is 26.7 Å². The Morgan fingerprint density at radius 1 is 0.921 bits per heavy atom. The van der Waals surface area contributed by atoms with Crippen LogP contribution in [-0.2, 0) is 17.6 Å². The first kappa shape index (κ1) is 26.8. The smallest absolute Gasteiger partial charge is 0.308 e. The summed E-state index contributed by atoms with van der Waals surface area (Å²) >= 11 is 5.91. The van der Waals surface area contributed by atoms with Gasteiger partial charge in [0, 0.05) is 40.4 Å². The number of fused-ring (bicyclic) bond motifs is 1. The number of amides is 1. The first-order valence-corrected chi connectivity index (χ1v) is 12.5. The average molecular weight is 531 g/mol. The molecule has 1 aromatic heterocycles. The number of esters is 1. The SMILES string of the molecule is CCc1nc(C(=O)c2ccc(C(=O)NCCc3ccc(Cl)cc3)cc2)c2ccc(OC)cc2c1OC(C)=O. The molecule has 1 amide bonds. The van der Waals surface area contributed by atoms with Crippen LogP contribution in [0.3, 0.4) is 0 Å². The van der Waals surface area contributed by atoms with Crippen molar-refractivity contribution in [2.75, 3.05) is 13.7 Å². The number of carbonyl (C=O) groups is 3. The summed E-state index contributed by atoms with van der Waals surface area (Å²) < 4.78 is 10.8. The highest BCUT2D eigenvalue weighted by molar-refractivity contribution is 6.30. The third-order valence-electron chi connectivity index (χ3n) is 6.05. The Bertz CT molecular complexity index is 1500. The lowest BCUT2D eigenvalue weighted by Crippen LogP contribution is -2.25. The predicted octanol–water partition coefficient (Wildman–Crippen LogP) is 5.59. The molecule has 0 radical (unpaired) electrons. The second-order valence-corrected chi connectivity index (χ2v) is 9.07. The molecule has 4 rings (SSSR count). The molecule has 0 atom stereocenters. The van der Waals surface area contributed by atoms with E-state index in [0.717, 1.165) is 5.56 Å². The van der Waals surface area contributed by atoms with Gasteiger partial charge in [-0.3, -0.25) is 14.4 Å². The number of methoxy groups -OCH3 is 1. The number of hydrogen-bond donors (Lipinski definition) is 1. The number of aryl methyl sites for hydroxylation is 1. The molecule has 38 heavy (non-hydrogen) atoms. The van der Waals surface area contributed by atoms with Crippen molar-refractivity contribution in [2.24, 2.45) is 0 Å². The molecule has 7 nitrogen and oxygen atoms in total. The molecule has 4 aromatic rings. The molecular weight excluding hydrogens is 504 g/mol. The quantitative estimate of drug-likeness (QED) is 0.224. The standard InChI is InChI=1S/C30H27ClN2O5/c1-4-26-29(38-18(2)34)25-17-23(37-3)13-14-24(25)27(33-26)28(35)20-7-9-21(10-8-20)30(36)32-16-15-19-5-11-22(31)12-6-19/h5-14,17H,4,15-16H2,1-3H3,(H,32,36). The summed E-state index contributed by atoms with van der Waals surface area (Å²) in [5.41, 5.74) is 2.62. The summed E-state index contributed by atoms with van der Waals surface area (Å²) in [6.07, 6.45) is 1.12. The maximum Gasteiger partial charge on any atom is 0.308 e. The minimum atomic E-state index is -0.480. The highest BCUT2D eigenvalue weighted by atomic mass is 35.5. The highest BCUT2D eigenvalue weighted by Crippen LogP contribution is 2.35. The van der Waals surface area contributed by atoms with Crippen LogP contribution in [-0.4, -0.2) is 36.3 Å². The van der Waals surface area contributed by atoms with Gasteiger partial charge in [-0.2, -0.15) is 0 Å². The molecule has 0 saturated carbocycles. The van der Waals surface area contributed by atoms with E-state index >= 15 is 0 Å². The van der Waals surface area contributed by atoms with E-state index in [-0.39, 0.29) is 17.4 Å². The van der Waals surface area contributed by atoms with E-state index in [4.69, 9.17) is 21.1 Å². The number of aromatic nitrogens is 1. The zero-order valence-corrected chi connectivity index (χ0v) is 22.1. The van der Waals surface area contributed by atoms with Gasteiger partial charge in [-0.05, 0) is 60.9 Å². The zero-order valence-electron chi connectivity index (χ0n) is 21.3. The monoisotopic (exact) mass is 530 g/mol. The fourth-order valence-electron chi connectivity index (χ4n) is 4.10. The van der Waals surface area contributed by atoms with E-state index in [9.17, 15) is 14.4 Å². The third kappa shape index (κ3) is 6.01. The molecule has 0 aliphatic heterocycles. The van der Waals surface area contributed by atoms with Crippen LogP contribution in [0.2, 0.25) is 5.02 Å². The molecule has 8 heteroatoms. The number of halogens is 1. The Morgan fingerprint density at radius 3 is 2.24 bits per heavy atom. The molecule has 3 aromatic carbocycles. The van der Waals surface area contributed by atoms with E-state index in [1.807, 2.05) is 31.2 Å². The van der Waals surface area contributed by atoms with E-state index < -0.39 is 5.97 Å². The van der Waals surface area contributed by atoms with Crippen LogP contribution in [0.5, 0.6) is 11.5 Å². The van der Waals surface area contributed by atoms with Crippen molar-refractivity contribution in [3.8, 4) is 11.5 Å². The summed E-state index contributed by atoms with van der Waals surface area (Å²) in [4.78, 5) is 42.5. The number of benzene rings is 3. The summed E-state index contributed by atoms with van der Waals surface area (Å²) in [7, 11) is 1.54. The minimum absolute atomic E-state index is 0.229. The molecule has 0 aliphatic carbocycles. The molecule has 1 heterocycles. The van der Waals surface area contributed by atoms with Crippen molar-refractivity contribution in [1.29, 1.82) is 0 Å². The zero-order chi connectivity index (χ0) is 27.2. The summed E-state index contributed by atoms with van der Waals surface area (Å²) in [6.45, 7) is 3.66. The molecule has 0 saturated heterocycles. The Balaban J connectivity index is 1.57. The second-order valence-electron chi connectivity index (χ2n) is 8.63. The van der Waals surface area contributed by atoms with Gasteiger partial charge in [0.1, 0.15) is 11.4 Å². The van der Waals surface area contributed by atoms with Crippen LogP contribution in [0.15, 0.2) is 66.7 Å². The largest absolute Gasteiger partial charge is 0.497 e. The van der Waals surface area contributed by atoms with Gasteiger partial charge in [-0.15, -0.1) is 0 Å². The van der Waals surface area contributed by atoms with Gasteiger partial charge >= 0.3 is 5.97 Å². The summed E-state index contributed by atoms with van der Waals surface area (Å²) in [6, 6.07) is 19.1. The van der Waals surface area contributed by atoms with Crippen molar-refractivity contribution in [3.63, 3.8) is 0 Å². The molecule has 0 spiro atoms. The van der Waals surface area contributed by atoms with Gasteiger partial charge in [0.2, 0.25) is 5.78 Å². The summed E-state index contributed by atoms with van der Waals surface area (Å²) in [5, 5.41) is 4.66. The fraction of sp³-hybridized carbons (Fsp3) is 0.200. The van der Waals surface area contributed by atoms with Crippen LogP contribution in [0.1, 0.15) is 51.5 Å². The molecule has 0 unspecified atom stereocenters. The second kappa shape index (κ2) is 11.9. The van der Waals surface area contributed by atoms with Crippen LogP contribution in [0, 0.1) is 0 Å². The Hall–Kier alpha value is -4.23. The molecule has 194 valence electrons. The van der Waals surface area contributed by atoms with Gasteiger partial charge < -0.3 is 14.8 Å². The van der Waals surface area contributed by atoms with E-state index in [1.165, 1.54) is 14.0 Å². The number of rotatable bonds is 9. The van der Waals surface area contributed by atoms with Gasteiger partial charge in [0.05, 0.1) is 12.8 Å². The number of nitrogens with one attached hydrogen (secondary N) is 1. The van der Waals surface area contributed by atoms with Gasteiger partial charge in [-0.1, -0.05) is 42.8 Å². The van der Waals surface area contributed by atoms with Crippen molar-refractivity contribution in [3.05, 3.63) is 99.8 Å². The first-order valence-electron chi connectivity index (χ1n) is 12.2. The topological polar surface area (TPSA) is 94.6 Å². The van der Waals surface area contributed by atoms with Crippen LogP contribution in [0.25, 0.3) is 10.8 Å². The van der Waals surface area contributed by atoms with Gasteiger partial charge in [0.15, 0.2) is 5.75 Å². The third-order valence-corrected chi connectivity index (χ3v) is 6.30. The van der Waals surface area contributed by atoms with Crippen LogP contribution < -0.4 is 14.8 Å². The molecule has 0 aliphatic rings. The highest BCUT2D eigenvalue weighted by Gasteiger charge is 2.22. The lowest BCUT2D eigenvalue weighted by Gasteiger charge is -2.15. The molecular formula is C30H27ClN2O5. The average Bonchev–Trinajstić information content (AvgIpc) is 2.93. The molecule has 0 fully saturated rings. The van der Waals surface area contributed by atoms with Gasteiger partial charge in [-0.25, -0.2) is 4.98 Å².